The number of aliphatic hydroxyl groups is 1. The zero-order valence-electron chi connectivity index (χ0n) is 12.7. The number of nitrogens with one attached hydrogen (secondary N) is 2. The van der Waals surface area contributed by atoms with Gasteiger partial charge in [-0.1, -0.05) is 12.1 Å². The van der Waals surface area contributed by atoms with E-state index >= 15 is 0 Å². The van der Waals surface area contributed by atoms with Crippen molar-refractivity contribution in [2.75, 3.05) is 19.6 Å². The van der Waals surface area contributed by atoms with Gasteiger partial charge in [-0.25, -0.2) is 4.98 Å². The zero-order chi connectivity index (χ0) is 13.9. The average Bonchev–Trinajstić information content (AvgIpc) is 2.84. The van der Waals surface area contributed by atoms with Crippen LogP contribution in [0.5, 0.6) is 0 Å². The van der Waals surface area contributed by atoms with Gasteiger partial charge in [-0.15, -0.1) is 24.8 Å². The van der Waals surface area contributed by atoms with Crippen LogP contribution in [0.3, 0.4) is 0 Å². The summed E-state index contributed by atoms with van der Waals surface area (Å²) in [5.41, 5.74) is 1.99. The summed E-state index contributed by atoms with van der Waals surface area (Å²) < 4.78 is 1.98. The lowest BCUT2D eigenvalue weighted by Crippen LogP contribution is -2.41. The number of aliphatic hydroxyl groups excluding tert-OH is 1. The number of imidazole rings is 1. The number of fused-ring (bicyclic) bond motifs is 1. The molecule has 3 N–H and O–H groups in total. The Kier molecular flexibility index (Phi) is 7.59. The number of benzene rings is 1. The predicted molar refractivity (Wildman–Crippen MR) is 94.1 cm³/mol. The summed E-state index contributed by atoms with van der Waals surface area (Å²) in [7, 11) is 1.96. The Balaban J connectivity index is 0.00000121. The van der Waals surface area contributed by atoms with Crippen LogP contribution in [0.15, 0.2) is 24.3 Å². The SMILES string of the molecule is Cl.Cl.Cn1c(C(O)CNC2CCNCC2)nc2ccccc21. The van der Waals surface area contributed by atoms with Crippen LogP contribution in [0, 0.1) is 0 Å². The van der Waals surface area contributed by atoms with E-state index in [0.717, 1.165) is 42.8 Å². The third kappa shape index (κ3) is 4.12. The molecule has 1 aromatic carbocycles. The number of para-hydroxylation sites is 2. The van der Waals surface area contributed by atoms with Crippen LogP contribution < -0.4 is 10.6 Å². The fourth-order valence-corrected chi connectivity index (χ4v) is 2.86. The van der Waals surface area contributed by atoms with Gasteiger partial charge >= 0.3 is 0 Å². The monoisotopic (exact) mass is 346 g/mol. The molecule has 0 spiro atoms. The van der Waals surface area contributed by atoms with Crippen LogP contribution >= 0.6 is 24.8 Å². The third-order valence-electron chi connectivity index (χ3n) is 4.06. The molecule has 2 aromatic rings. The van der Waals surface area contributed by atoms with E-state index in [0.29, 0.717) is 12.6 Å². The second-order valence-electron chi connectivity index (χ2n) is 5.47. The van der Waals surface area contributed by atoms with Crippen LogP contribution in [-0.4, -0.2) is 40.3 Å². The lowest BCUT2D eigenvalue weighted by molar-refractivity contribution is 0.154. The molecule has 7 heteroatoms. The van der Waals surface area contributed by atoms with Crippen molar-refractivity contribution in [1.82, 2.24) is 20.2 Å². The van der Waals surface area contributed by atoms with Crippen LogP contribution in [0.25, 0.3) is 11.0 Å². The van der Waals surface area contributed by atoms with Gasteiger partial charge in [0.1, 0.15) is 11.9 Å². The first-order valence-corrected chi connectivity index (χ1v) is 7.29. The number of hydrogen-bond donors (Lipinski definition) is 3. The molecule has 0 radical (unpaired) electrons. The Morgan fingerprint density at radius 1 is 1.32 bits per heavy atom. The fraction of sp³-hybridized carbons (Fsp3) is 0.533. The molecule has 5 nitrogen and oxygen atoms in total. The van der Waals surface area contributed by atoms with Crippen molar-refractivity contribution in [1.29, 1.82) is 0 Å². The summed E-state index contributed by atoms with van der Waals surface area (Å²) in [4.78, 5) is 4.54. The van der Waals surface area contributed by atoms with Crippen LogP contribution in [0.1, 0.15) is 24.8 Å². The molecular weight excluding hydrogens is 323 g/mol. The van der Waals surface area contributed by atoms with Crippen molar-refractivity contribution >= 4 is 35.8 Å². The molecule has 1 aromatic heterocycles. The number of aryl methyl sites for hydroxylation is 1. The molecule has 1 unspecified atom stereocenters. The number of halogens is 2. The molecule has 3 rings (SSSR count). The highest BCUT2D eigenvalue weighted by Gasteiger charge is 2.18. The second-order valence-corrected chi connectivity index (χ2v) is 5.47. The summed E-state index contributed by atoms with van der Waals surface area (Å²) in [5.74, 6) is 0.729. The normalized spacial score (nSPS) is 16.8. The highest BCUT2D eigenvalue weighted by atomic mass is 35.5. The van der Waals surface area contributed by atoms with E-state index in [1.165, 1.54) is 0 Å². The Morgan fingerprint density at radius 2 is 2.00 bits per heavy atom. The molecule has 0 saturated carbocycles. The number of piperidine rings is 1. The summed E-state index contributed by atoms with van der Waals surface area (Å²) in [5, 5.41) is 17.2. The number of hydrogen-bond acceptors (Lipinski definition) is 4. The van der Waals surface area contributed by atoms with E-state index in [1.807, 2.05) is 35.9 Å². The first-order chi connectivity index (χ1) is 9.75. The van der Waals surface area contributed by atoms with Crippen molar-refractivity contribution in [3.8, 4) is 0 Å². The zero-order valence-corrected chi connectivity index (χ0v) is 14.3. The van der Waals surface area contributed by atoms with Gasteiger partial charge in [0.05, 0.1) is 11.0 Å². The quantitative estimate of drug-likeness (QED) is 0.789. The molecule has 0 aliphatic carbocycles. The van der Waals surface area contributed by atoms with Crippen LogP contribution in [-0.2, 0) is 7.05 Å². The molecule has 124 valence electrons. The molecule has 1 saturated heterocycles. The minimum absolute atomic E-state index is 0. The Morgan fingerprint density at radius 3 is 2.68 bits per heavy atom. The summed E-state index contributed by atoms with van der Waals surface area (Å²) >= 11 is 0. The largest absolute Gasteiger partial charge is 0.384 e. The first kappa shape index (κ1) is 19.2. The maximum atomic E-state index is 10.4. The van der Waals surface area contributed by atoms with Gasteiger partial charge in [-0.05, 0) is 38.1 Å². The molecular formula is C15H24Cl2N4O. The van der Waals surface area contributed by atoms with Crippen molar-refractivity contribution in [3.05, 3.63) is 30.1 Å². The van der Waals surface area contributed by atoms with Gasteiger partial charge in [0, 0.05) is 19.6 Å². The molecule has 1 atom stereocenters. The predicted octanol–water partition coefficient (Wildman–Crippen LogP) is 1.79. The molecule has 1 aliphatic rings. The molecule has 1 aliphatic heterocycles. The maximum absolute atomic E-state index is 10.4. The molecule has 0 amide bonds. The lowest BCUT2D eigenvalue weighted by Gasteiger charge is -2.24. The molecule has 0 bridgehead atoms. The Labute approximate surface area is 143 Å². The maximum Gasteiger partial charge on any atom is 0.139 e. The van der Waals surface area contributed by atoms with Crippen molar-refractivity contribution in [2.24, 2.45) is 7.05 Å². The number of nitrogens with zero attached hydrogens (tertiary/aromatic N) is 2. The van der Waals surface area contributed by atoms with Gasteiger partial charge in [-0.2, -0.15) is 0 Å². The smallest absolute Gasteiger partial charge is 0.139 e. The summed E-state index contributed by atoms with van der Waals surface area (Å²) in [6, 6.07) is 8.47. The van der Waals surface area contributed by atoms with Gasteiger partial charge in [0.15, 0.2) is 0 Å². The highest BCUT2D eigenvalue weighted by molar-refractivity contribution is 5.85. The van der Waals surface area contributed by atoms with E-state index in [9.17, 15) is 5.11 Å². The van der Waals surface area contributed by atoms with Crippen molar-refractivity contribution in [3.63, 3.8) is 0 Å². The fourth-order valence-electron chi connectivity index (χ4n) is 2.86. The standard InChI is InChI=1S/C15H22N4O.2ClH/c1-19-13-5-3-2-4-12(13)18-15(19)14(20)10-17-11-6-8-16-9-7-11;;/h2-5,11,14,16-17,20H,6-10H2,1H3;2*1H. The first-order valence-electron chi connectivity index (χ1n) is 7.29. The van der Waals surface area contributed by atoms with Crippen LogP contribution in [0.4, 0.5) is 0 Å². The van der Waals surface area contributed by atoms with Gasteiger partial charge in [-0.3, -0.25) is 0 Å². The minimum Gasteiger partial charge on any atom is -0.384 e. The number of rotatable bonds is 4. The Bertz CT molecular complexity index is 584. The van der Waals surface area contributed by atoms with E-state index in [4.69, 9.17) is 0 Å². The second kappa shape index (κ2) is 8.70. The Hall–Kier alpha value is -0.850. The van der Waals surface area contributed by atoms with E-state index in [2.05, 4.69) is 15.6 Å². The molecule has 2 heterocycles. The molecule has 1 fully saturated rings. The summed E-state index contributed by atoms with van der Waals surface area (Å²) in [6.07, 6.45) is 1.67. The highest BCUT2D eigenvalue weighted by Crippen LogP contribution is 2.19. The van der Waals surface area contributed by atoms with Gasteiger partial charge < -0.3 is 20.3 Å². The molecule has 22 heavy (non-hydrogen) atoms. The van der Waals surface area contributed by atoms with E-state index in [1.54, 1.807) is 0 Å². The van der Waals surface area contributed by atoms with Crippen molar-refractivity contribution < 1.29 is 5.11 Å². The van der Waals surface area contributed by atoms with Gasteiger partial charge in [0.2, 0.25) is 0 Å². The minimum atomic E-state index is -0.567. The third-order valence-corrected chi connectivity index (χ3v) is 4.06. The number of aromatic nitrogens is 2. The van der Waals surface area contributed by atoms with Crippen LogP contribution in [0.2, 0.25) is 0 Å². The topological polar surface area (TPSA) is 62.1 Å². The average molecular weight is 347 g/mol. The van der Waals surface area contributed by atoms with Gasteiger partial charge in [0.25, 0.3) is 0 Å². The lowest BCUT2D eigenvalue weighted by atomic mass is 10.1. The van der Waals surface area contributed by atoms with E-state index < -0.39 is 6.10 Å². The van der Waals surface area contributed by atoms with Crippen molar-refractivity contribution in [2.45, 2.75) is 25.0 Å². The van der Waals surface area contributed by atoms with E-state index in [-0.39, 0.29) is 24.8 Å². The summed E-state index contributed by atoms with van der Waals surface area (Å²) in [6.45, 7) is 2.67.